The second-order valence-electron chi connectivity index (χ2n) is 7.84. The molecule has 0 aliphatic rings. The number of halogens is 2. The SMILES string of the molecule is COc1cc(-c2cn3ccsc3n2)ccc1F.COc1cc(-c2nc3sccn3c2C(C)=O)ccc1F. The van der Waals surface area contributed by atoms with Gasteiger partial charge >= 0.3 is 0 Å². The van der Waals surface area contributed by atoms with Crippen LogP contribution in [0.5, 0.6) is 11.5 Å². The summed E-state index contributed by atoms with van der Waals surface area (Å²) in [6.45, 7) is 1.49. The van der Waals surface area contributed by atoms with Crippen LogP contribution in [0.25, 0.3) is 32.4 Å². The van der Waals surface area contributed by atoms with Crippen molar-refractivity contribution in [2.75, 3.05) is 14.2 Å². The predicted octanol–water partition coefficient (Wildman–Crippen LogP) is 6.62. The van der Waals surface area contributed by atoms with Crippen LogP contribution in [0.15, 0.2) is 65.7 Å². The minimum Gasteiger partial charge on any atom is -0.494 e. The third kappa shape index (κ3) is 4.70. The summed E-state index contributed by atoms with van der Waals surface area (Å²) < 4.78 is 40.4. The molecule has 0 aliphatic heterocycles. The first-order valence-corrected chi connectivity index (χ1v) is 12.7. The zero-order chi connectivity index (χ0) is 26.1. The van der Waals surface area contributed by atoms with E-state index >= 15 is 0 Å². The lowest BCUT2D eigenvalue weighted by Gasteiger charge is -2.05. The van der Waals surface area contributed by atoms with Crippen molar-refractivity contribution in [3.63, 3.8) is 0 Å². The van der Waals surface area contributed by atoms with Crippen LogP contribution < -0.4 is 9.47 Å². The molecule has 0 unspecified atom stereocenters. The van der Waals surface area contributed by atoms with E-state index in [1.165, 1.54) is 44.6 Å². The lowest BCUT2D eigenvalue weighted by atomic mass is 10.1. The summed E-state index contributed by atoms with van der Waals surface area (Å²) in [6.07, 6.45) is 5.66. The molecule has 0 saturated heterocycles. The summed E-state index contributed by atoms with van der Waals surface area (Å²) in [4.78, 5) is 22.4. The second kappa shape index (κ2) is 10.1. The summed E-state index contributed by atoms with van der Waals surface area (Å²) in [7, 11) is 2.85. The molecular weight excluding hydrogens is 518 g/mol. The van der Waals surface area contributed by atoms with Crippen LogP contribution in [0.3, 0.4) is 0 Å². The largest absolute Gasteiger partial charge is 0.494 e. The number of imidazole rings is 2. The number of hydrogen-bond donors (Lipinski definition) is 0. The van der Waals surface area contributed by atoms with Crippen molar-refractivity contribution in [1.29, 1.82) is 0 Å². The van der Waals surface area contributed by atoms with Crippen LogP contribution in [0, 0.1) is 11.6 Å². The first kappa shape index (κ1) is 24.6. The van der Waals surface area contributed by atoms with Gasteiger partial charge in [0.25, 0.3) is 0 Å². The van der Waals surface area contributed by atoms with Crippen molar-refractivity contribution in [3.05, 3.63) is 83.1 Å². The van der Waals surface area contributed by atoms with Gasteiger partial charge in [-0.25, -0.2) is 18.7 Å². The Morgan fingerprint density at radius 1 is 0.865 bits per heavy atom. The molecule has 4 heterocycles. The molecule has 0 aliphatic carbocycles. The van der Waals surface area contributed by atoms with E-state index in [0.29, 0.717) is 17.0 Å². The van der Waals surface area contributed by atoms with E-state index in [9.17, 15) is 13.6 Å². The quantitative estimate of drug-likeness (QED) is 0.231. The number of carbonyl (C=O) groups is 1. The number of aromatic nitrogens is 4. The number of hydrogen-bond acceptors (Lipinski definition) is 7. The molecule has 0 spiro atoms. The van der Waals surface area contributed by atoms with Gasteiger partial charge in [-0.3, -0.25) is 13.6 Å². The molecule has 37 heavy (non-hydrogen) atoms. The van der Waals surface area contributed by atoms with E-state index in [-0.39, 0.29) is 23.1 Å². The molecule has 0 bridgehead atoms. The molecule has 0 N–H and O–H groups in total. The minimum absolute atomic E-state index is 0.0887. The molecule has 0 atom stereocenters. The predicted molar refractivity (Wildman–Crippen MR) is 140 cm³/mol. The average molecular weight is 539 g/mol. The van der Waals surface area contributed by atoms with Gasteiger partial charge < -0.3 is 9.47 Å². The van der Waals surface area contributed by atoms with Gasteiger partial charge in [0.05, 0.1) is 19.9 Å². The maximum absolute atomic E-state index is 13.5. The van der Waals surface area contributed by atoms with Gasteiger partial charge in [0.1, 0.15) is 11.4 Å². The van der Waals surface area contributed by atoms with Gasteiger partial charge in [-0.2, -0.15) is 0 Å². The molecular formula is C26H20F2N4O3S2. The van der Waals surface area contributed by atoms with Crippen LogP contribution in [0.4, 0.5) is 8.78 Å². The number of Topliss-reactive ketones (excluding diaryl/α,β-unsaturated/α-hetero) is 1. The van der Waals surface area contributed by atoms with Crippen LogP contribution >= 0.6 is 22.7 Å². The monoisotopic (exact) mass is 538 g/mol. The zero-order valence-electron chi connectivity index (χ0n) is 19.9. The number of methoxy groups -OCH3 is 2. The fourth-order valence-corrected chi connectivity index (χ4v) is 5.23. The molecule has 0 radical (unpaired) electrons. The van der Waals surface area contributed by atoms with Crippen molar-refractivity contribution in [2.24, 2.45) is 0 Å². The fourth-order valence-electron chi connectivity index (χ4n) is 3.82. The molecule has 4 aromatic heterocycles. The Balaban J connectivity index is 0.000000153. The van der Waals surface area contributed by atoms with E-state index in [2.05, 4.69) is 9.97 Å². The van der Waals surface area contributed by atoms with Gasteiger partial charge in [-0.15, -0.1) is 22.7 Å². The maximum Gasteiger partial charge on any atom is 0.194 e. The Morgan fingerprint density at radius 2 is 1.49 bits per heavy atom. The Labute approximate surface area is 218 Å². The number of rotatable bonds is 5. The van der Waals surface area contributed by atoms with Gasteiger partial charge in [0, 0.05) is 47.4 Å². The van der Waals surface area contributed by atoms with E-state index in [1.54, 1.807) is 46.2 Å². The lowest BCUT2D eigenvalue weighted by Crippen LogP contribution is -1.99. The van der Waals surface area contributed by atoms with Crippen molar-refractivity contribution in [3.8, 4) is 34.0 Å². The van der Waals surface area contributed by atoms with E-state index < -0.39 is 5.82 Å². The number of benzene rings is 2. The molecule has 6 aromatic rings. The summed E-state index contributed by atoms with van der Waals surface area (Å²) in [5.41, 5.74) is 3.36. The normalized spacial score (nSPS) is 10.9. The van der Waals surface area contributed by atoms with Gasteiger partial charge in [-0.05, 0) is 36.4 Å². The van der Waals surface area contributed by atoms with Gasteiger partial charge in [0.2, 0.25) is 0 Å². The van der Waals surface area contributed by atoms with Crippen molar-refractivity contribution in [2.45, 2.75) is 6.92 Å². The van der Waals surface area contributed by atoms with Crippen molar-refractivity contribution >= 4 is 38.4 Å². The smallest absolute Gasteiger partial charge is 0.194 e. The highest BCUT2D eigenvalue weighted by Gasteiger charge is 2.19. The van der Waals surface area contributed by atoms with Crippen molar-refractivity contribution in [1.82, 2.24) is 18.8 Å². The maximum atomic E-state index is 13.5. The fraction of sp³-hybridized carbons (Fsp3) is 0.115. The number of ether oxygens (including phenoxy) is 2. The van der Waals surface area contributed by atoms with Crippen LogP contribution in [-0.2, 0) is 0 Å². The number of carbonyl (C=O) groups excluding carboxylic acids is 1. The van der Waals surface area contributed by atoms with Gasteiger partial charge in [0.15, 0.2) is 38.8 Å². The van der Waals surface area contributed by atoms with Crippen LogP contribution in [-0.4, -0.2) is 38.8 Å². The number of ketones is 1. The van der Waals surface area contributed by atoms with Crippen LogP contribution in [0.2, 0.25) is 0 Å². The lowest BCUT2D eigenvalue weighted by molar-refractivity contribution is 0.101. The topological polar surface area (TPSA) is 70.1 Å². The third-order valence-electron chi connectivity index (χ3n) is 5.56. The number of fused-ring (bicyclic) bond motifs is 2. The first-order valence-electron chi connectivity index (χ1n) is 11.0. The van der Waals surface area contributed by atoms with Gasteiger partial charge in [-0.1, -0.05) is 0 Å². The molecule has 11 heteroatoms. The first-order chi connectivity index (χ1) is 17.9. The molecule has 6 rings (SSSR count). The summed E-state index contributed by atoms with van der Waals surface area (Å²) >= 11 is 3.00. The molecule has 0 saturated carbocycles. The highest BCUT2D eigenvalue weighted by atomic mass is 32.1. The Bertz CT molecular complexity index is 1710. The molecule has 2 aromatic carbocycles. The molecule has 7 nitrogen and oxygen atoms in total. The molecule has 0 fully saturated rings. The van der Waals surface area contributed by atoms with E-state index in [0.717, 1.165) is 21.2 Å². The standard InChI is InChI=1S/C14H11FN2O2S.C12H9FN2OS/c1-8(18)13-12(16-14-17(13)5-6-20-14)9-3-4-10(15)11(7-9)19-2;1-16-11-6-8(2-3-9(11)13)10-7-15-4-5-17-12(15)14-10/h3-7H,1-2H3;2-7H,1H3. The highest BCUT2D eigenvalue weighted by Crippen LogP contribution is 2.31. The number of nitrogens with zero attached hydrogens (tertiary/aromatic N) is 4. The highest BCUT2D eigenvalue weighted by molar-refractivity contribution is 7.15. The third-order valence-corrected chi connectivity index (χ3v) is 7.09. The Kier molecular flexibility index (Phi) is 6.72. The Morgan fingerprint density at radius 3 is 2.14 bits per heavy atom. The molecule has 188 valence electrons. The minimum atomic E-state index is -0.443. The average Bonchev–Trinajstić information content (AvgIpc) is 3.65. The van der Waals surface area contributed by atoms with Crippen molar-refractivity contribution < 1.29 is 23.0 Å². The second-order valence-corrected chi connectivity index (χ2v) is 9.58. The van der Waals surface area contributed by atoms with Crippen LogP contribution in [0.1, 0.15) is 17.4 Å². The summed E-state index contributed by atoms with van der Waals surface area (Å²) in [6, 6.07) is 9.20. The zero-order valence-corrected chi connectivity index (χ0v) is 21.6. The van der Waals surface area contributed by atoms with E-state index in [1.807, 2.05) is 27.6 Å². The summed E-state index contributed by atoms with van der Waals surface area (Å²) in [5, 5.41) is 3.83. The van der Waals surface area contributed by atoms with E-state index in [4.69, 9.17) is 9.47 Å². The number of thiazole rings is 2. The Hall–Kier alpha value is -4.09. The summed E-state index contributed by atoms with van der Waals surface area (Å²) in [5.74, 6) is -0.527. The molecule has 0 amide bonds.